The Morgan fingerprint density at radius 1 is 1.56 bits per heavy atom. The van der Waals surface area contributed by atoms with Crippen LogP contribution in [0.2, 0.25) is 0 Å². The van der Waals surface area contributed by atoms with Crippen LogP contribution < -0.4 is 0 Å². The fourth-order valence-electron chi connectivity index (χ4n) is 1.90. The van der Waals surface area contributed by atoms with E-state index in [1.54, 1.807) is 16.2 Å². The van der Waals surface area contributed by atoms with Gasteiger partial charge in [-0.2, -0.15) is 0 Å². The Morgan fingerprint density at radius 3 is 2.83 bits per heavy atom. The summed E-state index contributed by atoms with van der Waals surface area (Å²) in [6, 6.07) is 0.126. The van der Waals surface area contributed by atoms with Gasteiger partial charge in [0.15, 0.2) is 3.92 Å². The van der Waals surface area contributed by atoms with Crippen molar-refractivity contribution < 1.29 is 9.53 Å². The van der Waals surface area contributed by atoms with Crippen LogP contribution in [0, 0.1) is 0 Å². The number of aromatic nitrogens is 1. The number of fused-ring (bicyclic) bond motifs is 1. The predicted molar refractivity (Wildman–Crippen MR) is 74.8 cm³/mol. The Kier molecular flexibility index (Phi) is 3.69. The standard InChI is InChI=1S/C12H17BrN2O2S/c1-7-5-8-9(18-10(13)14-8)6-15(7)11(16)17-12(2,3)4/h7H,5-6H2,1-4H3/t7-/m1/s1. The van der Waals surface area contributed by atoms with Crippen molar-refractivity contribution in [2.75, 3.05) is 0 Å². The van der Waals surface area contributed by atoms with Crippen LogP contribution in [-0.2, 0) is 17.7 Å². The number of hydrogen-bond donors (Lipinski definition) is 0. The molecule has 1 aromatic heterocycles. The van der Waals surface area contributed by atoms with E-state index in [4.69, 9.17) is 4.74 Å². The average molecular weight is 333 g/mol. The van der Waals surface area contributed by atoms with E-state index >= 15 is 0 Å². The maximum absolute atomic E-state index is 12.1. The molecular weight excluding hydrogens is 316 g/mol. The van der Waals surface area contributed by atoms with Crippen LogP contribution >= 0.6 is 27.3 Å². The van der Waals surface area contributed by atoms with Crippen molar-refractivity contribution in [3.8, 4) is 0 Å². The molecule has 0 unspecified atom stereocenters. The molecule has 100 valence electrons. The Bertz CT molecular complexity index is 467. The third kappa shape index (κ3) is 3.03. The summed E-state index contributed by atoms with van der Waals surface area (Å²) in [4.78, 5) is 19.5. The molecule has 1 aromatic rings. The first-order valence-corrected chi connectivity index (χ1v) is 7.51. The van der Waals surface area contributed by atoms with Gasteiger partial charge < -0.3 is 4.74 Å². The molecule has 18 heavy (non-hydrogen) atoms. The van der Waals surface area contributed by atoms with E-state index in [9.17, 15) is 4.79 Å². The molecule has 0 saturated carbocycles. The number of halogens is 1. The molecule has 0 radical (unpaired) electrons. The number of thiazole rings is 1. The molecule has 0 aromatic carbocycles. The zero-order chi connectivity index (χ0) is 13.5. The molecule has 0 fully saturated rings. The maximum atomic E-state index is 12.1. The summed E-state index contributed by atoms with van der Waals surface area (Å²) < 4.78 is 6.31. The molecule has 2 rings (SSSR count). The van der Waals surface area contributed by atoms with Gasteiger partial charge in [0.2, 0.25) is 0 Å². The molecule has 6 heteroatoms. The summed E-state index contributed by atoms with van der Waals surface area (Å²) in [5, 5.41) is 0. The summed E-state index contributed by atoms with van der Waals surface area (Å²) in [5.74, 6) is 0. The highest BCUT2D eigenvalue weighted by atomic mass is 79.9. The van der Waals surface area contributed by atoms with Gasteiger partial charge in [-0.1, -0.05) is 0 Å². The second kappa shape index (κ2) is 4.81. The molecule has 4 nitrogen and oxygen atoms in total. The SMILES string of the molecule is C[C@@H]1Cc2nc(Br)sc2CN1C(=O)OC(C)(C)C. The Balaban J connectivity index is 2.14. The second-order valence-corrected chi connectivity index (χ2v) is 7.86. The molecule has 0 bridgehead atoms. The highest BCUT2D eigenvalue weighted by molar-refractivity contribution is 9.11. The molecule has 2 heterocycles. The van der Waals surface area contributed by atoms with Crippen LogP contribution in [0.4, 0.5) is 4.79 Å². The van der Waals surface area contributed by atoms with Gasteiger partial charge in [-0.05, 0) is 43.6 Å². The maximum Gasteiger partial charge on any atom is 0.410 e. The fraction of sp³-hybridized carbons (Fsp3) is 0.667. The summed E-state index contributed by atoms with van der Waals surface area (Å²) in [6.07, 6.45) is 0.543. The topological polar surface area (TPSA) is 42.4 Å². The monoisotopic (exact) mass is 332 g/mol. The Morgan fingerprint density at radius 2 is 2.22 bits per heavy atom. The molecule has 0 N–H and O–H groups in total. The van der Waals surface area contributed by atoms with Crippen molar-refractivity contribution in [1.29, 1.82) is 0 Å². The summed E-state index contributed by atoms with van der Waals surface area (Å²) in [5.41, 5.74) is 0.643. The number of nitrogens with zero attached hydrogens (tertiary/aromatic N) is 2. The molecular formula is C12H17BrN2O2S. The lowest BCUT2D eigenvalue weighted by atomic mass is 10.1. The van der Waals surface area contributed by atoms with Crippen LogP contribution in [0.3, 0.4) is 0 Å². The lowest BCUT2D eigenvalue weighted by Crippen LogP contribution is -2.44. The van der Waals surface area contributed by atoms with Crippen molar-refractivity contribution in [2.45, 2.75) is 52.3 Å². The first-order chi connectivity index (χ1) is 8.26. The molecule has 1 aliphatic heterocycles. The van der Waals surface area contributed by atoms with E-state index in [2.05, 4.69) is 20.9 Å². The van der Waals surface area contributed by atoms with Gasteiger partial charge in [0, 0.05) is 17.3 Å². The number of hydrogen-bond acceptors (Lipinski definition) is 4. The molecule has 0 aliphatic carbocycles. The molecule has 1 aliphatic rings. The van der Waals surface area contributed by atoms with E-state index in [1.807, 2.05) is 27.7 Å². The van der Waals surface area contributed by atoms with E-state index in [0.29, 0.717) is 6.54 Å². The number of amides is 1. The van der Waals surface area contributed by atoms with Gasteiger partial charge in [0.25, 0.3) is 0 Å². The number of rotatable bonds is 0. The third-order valence-electron chi connectivity index (χ3n) is 2.71. The van der Waals surface area contributed by atoms with Crippen molar-refractivity contribution >= 4 is 33.4 Å². The van der Waals surface area contributed by atoms with Gasteiger partial charge in [-0.3, -0.25) is 4.90 Å². The van der Waals surface area contributed by atoms with Gasteiger partial charge in [0.05, 0.1) is 12.2 Å². The third-order valence-corrected chi connectivity index (χ3v) is 4.25. The predicted octanol–water partition coefficient (Wildman–Crippen LogP) is 3.59. The van der Waals surface area contributed by atoms with Crippen LogP contribution in [0.15, 0.2) is 3.92 Å². The van der Waals surface area contributed by atoms with Gasteiger partial charge in [-0.25, -0.2) is 9.78 Å². The summed E-state index contributed by atoms with van der Waals surface area (Å²) in [7, 11) is 0. The lowest BCUT2D eigenvalue weighted by Gasteiger charge is -2.34. The van der Waals surface area contributed by atoms with Crippen LogP contribution in [-0.4, -0.2) is 27.6 Å². The summed E-state index contributed by atoms with van der Waals surface area (Å²) in [6.45, 7) is 8.27. The van der Waals surface area contributed by atoms with E-state index in [1.165, 1.54) is 0 Å². The molecule has 0 spiro atoms. The van der Waals surface area contributed by atoms with Gasteiger partial charge in [-0.15, -0.1) is 11.3 Å². The lowest BCUT2D eigenvalue weighted by molar-refractivity contribution is 0.0140. The first-order valence-electron chi connectivity index (χ1n) is 5.90. The van der Waals surface area contributed by atoms with E-state index in [-0.39, 0.29) is 12.1 Å². The van der Waals surface area contributed by atoms with Crippen molar-refractivity contribution in [1.82, 2.24) is 9.88 Å². The second-order valence-electron chi connectivity index (χ2n) is 5.50. The average Bonchev–Trinajstić information content (AvgIpc) is 2.53. The number of carbonyl (C=O) groups is 1. The molecule has 1 amide bonds. The van der Waals surface area contributed by atoms with Crippen LogP contribution in [0.5, 0.6) is 0 Å². The van der Waals surface area contributed by atoms with Gasteiger partial charge >= 0.3 is 6.09 Å². The minimum atomic E-state index is -0.453. The number of ether oxygens (including phenoxy) is 1. The Labute approximate surface area is 119 Å². The fourth-order valence-corrected chi connectivity index (χ4v) is 3.51. The van der Waals surface area contributed by atoms with Crippen LogP contribution in [0.1, 0.15) is 38.3 Å². The van der Waals surface area contributed by atoms with Gasteiger partial charge in [0.1, 0.15) is 5.60 Å². The molecule has 1 atom stereocenters. The normalized spacial score (nSPS) is 19.6. The Hall–Kier alpha value is -0.620. The quantitative estimate of drug-likeness (QED) is 0.729. The highest BCUT2D eigenvalue weighted by Crippen LogP contribution is 2.31. The smallest absolute Gasteiger partial charge is 0.410 e. The minimum absolute atomic E-state index is 0.126. The van der Waals surface area contributed by atoms with E-state index < -0.39 is 5.60 Å². The zero-order valence-electron chi connectivity index (χ0n) is 11.0. The minimum Gasteiger partial charge on any atom is -0.444 e. The zero-order valence-corrected chi connectivity index (χ0v) is 13.4. The van der Waals surface area contributed by atoms with Crippen molar-refractivity contribution in [3.63, 3.8) is 0 Å². The first kappa shape index (κ1) is 13.8. The number of carbonyl (C=O) groups excluding carboxylic acids is 1. The molecule has 0 saturated heterocycles. The van der Waals surface area contributed by atoms with Crippen molar-refractivity contribution in [3.05, 3.63) is 14.5 Å². The van der Waals surface area contributed by atoms with Crippen LogP contribution in [0.25, 0.3) is 0 Å². The largest absolute Gasteiger partial charge is 0.444 e. The van der Waals surface area contributed by atoms with E-state index in [0.717, 1.165) is 20.9 Å². The van der Waals surface area contributed by atoms with Crippen molar-refractivity contribution in [2.24, 2.45) is 0 Å². The highest BCUT2D eigenvalue weighted by Gasteiger charge is 2.32. The summed E-state index contributed by atoms with van der Waals surface area (Å²) >= 11 is 4.98.